The third-order valence-corrected chi connectivity index (χ3v) is 4.06. The standard InChI is InChI=1S/C18H19FN2O4/c19-13-3-5-15(6-4-13)25-12-17(22)20-14-7-9-21(10-8-14)18(23)16-2-1-11-24-16/h1-6,11,14H,7-10,12H2,(H,20,22). The van der Waals surface area contributed by atoms with Gasteiger partial charge in [0.25, 0.3) is 11.8 Å². The Kier molecular flexibility index (Phi) is 5.33. The molecule has 2 heterocycles. The van der Waals surface area contributed by atoms with Gasteiger partial charge in [-0.05, 0) is 49.2 Å². The van der Waals surface area contributed by atoms with Crippen molar-refractivity contribution >= 4 is 11.8 Å². The van der Waals surface area contributed by atoms with Crippen LogP contribution in [0.25, 0.3) is 0 Å². The molecule has 1 aliphatic rings. The second-order valence-electron chi connectivity index (χ2n) is 5.85. The molecule has 1 aromatic heterocycles. The van der Waals surface area contributed by atoms with Gasteiger partial charge < -0.3 is 19.4 Å². The molecule has 7 heteroatoms. The molecule has 0 atom stereocenters. The highest BCUT2D eigenvalue weighted by atomic mass is 19.1. The van der Waals surface area contributed by atoms with Crippen molar-refractivity contribution in [3.8, 4) is 5.75 Å². The molecule has 1 fully saturated rings. The zero-order chi connectivity index (χ0) is 17.6. The molecule has 6 nitrogen and oxygen atoms in total. The Hall–Kier alpha value is -2.83. The number of hydrogen-bond donors (Lipinski definition) is 1. The van der Waals surface area contributed by atoms with Crippen molar-refractivity contribution in [2.45, 2.75) is 18.9 Å². The van der Waals surface area contributed by atoms with Crippen LogP contribution in [-0.2, 0) is 4.79 Å². The van der Waals surface area contributed by atoms with Gasteiger partial charge in [0.05, 0.1) is 6.26 Å². The third kappa shape index (κ3) is 4.59. The van der Waals surface area contributed by atoms with E-state index in [0.717, 1.165) is 0 Å². The number of carbonyl (C=O) groups excluding carboxylic acids is 2. The Bertz CT molecular complexity index is 707. The molecule has 25 heavy (non-hydrogen) atoms. The first-order valence-electron chi connectivity index (χ1n) is 8.12. The summed E-state index contributed by atoms with van der Waals surface area (Å²) in [4.78, 5) is 25.8. The van der Waals surface area contributed by atoms with Gasteiger partial charge >= 0.3 is 0 Å². The number of furan rings is 1. The number of carbonyl (C=O) groups is 2. The van der Waals surface area contributed by atoms with Crippen molar-refractivity contribution in [1.82, 2.24) is 10.2 Å². The minimum Gasteiger partial charge on any atom is -0.484 e. The molecule has 3 rings (SSSR count). The number of likely N-dealkylation sites (tertiary alicyclic amines) is 1. The lowest BCUT2D eigenvalue weighted by Crippen LogP contribution is -2.47. The van der Waals surface area contributed by atoms with Crippen molar-refractivity contribution in [2.75, 3.05) is 19.7 Å². The number of nitrogens with zero attached hydrogens (tertiary/aromatic N) is 1. The monoisotopic (exact) mass is 346 g/mol. The molecule has 0 unspecified atom stereocenters. The topological polar surface area (TPSA) is 71.8 Å². The predicted octanol–water partition coefficient (Wildman–Crippen LogP) is 2.22. The maximum absolute atomic E-state index is 12.8. The van der Waals surface area contributed by atoms with Crippen LogP contribution in [0.4, 0.5) is 4.39 Å². The molecule has 1 N–H and O–H groups in total. The molecule has 1 aromatic carbocycles. The van der Waals surface area contributed by atoms with E-state index in [1.54, 1.807) is 17.0 Å². The van der Waals surface area contributed by atoms with Gasteiger partial charge in [0.15, 0.2) is 12.4 Å². The molecular weight excluding hydrogens is 327 g/mol. The predicted molar refractivity (Wildman–Crippen MR) is 87.7 cm³/mol. The van der Waals surface area contributed by atoms with Gasteiger partial charge in [-0.25, -0.2) is 4.39 Å². The van der Waals surface area contributed by atoms with Gasteiger partial charge in [-0.3, -0.25) is 9.59 Å². The fourth-order valence-electron chi connectivity index (χ4n) is 2.73. The number of nitrogens with one attached hydrogen (secondary N) is 1. The molecule has 2 aromatic rings. The zero-order valence-corrected chi connectivity index (χ0v) is 13.6. The van der Waals surface area contributed by atoms with E-state index in [-0.39, 0.29) is 30.3 Å². The van der Waals surface area contributed by atoms with E-state index in [4.69, 9.17) is 9.15 Å². The van der Waals surface area contributed by atoms with Gasteiger partial charge in [0.1, 0.15) is 11.6 Å². The highest BCUT2D eigenvalue weighted by molar-refractivity contribution is 5.91. The van der Waals surface area contributed by atoms with Crippen LogP contribution in [0.2, 0.25) is 0 Å². The Morgan fingerprint density at radius 1 is 1.20 bits per heavy atom. The maximum atomic E-state index is 12.8. The maximum Gasteiger partial charge on any atom is 0.289 e. The van der Waals surface area contributed by atoms with Gasteiger partial charge in [-0.15, -0.1) is 0 Å². The van der Waals surface area contributed by atoms with E-state index >= 15 is 0 Å². The first-order valence-corrected chi connectivity index (χ1v) is 8.12. The first kappa shape index (κ1) is 17.0. The van der Waals surface area contributed by atoms with Crippen LogP contribution in [0, 0.1) is 5.82 Å². The van der Waals surface area contributed by atoms with E-state index in [0.29, 0.717) is 37.4 Å². The van der Waals surface area contributed by atoms with E-state index < -0.39 is 0 Å². The van der Waals surface area contributed by atoms with E-state index in [1.165, 1.54) is 30.5 Å². The lowest BCUT2D eigenvalue weighted by molar-refractivity contribution is -0.124. The van der Waals surface area contributed by atoms with Crippen LogP contribution in [0.1, 0.15) is 23.4 Å². The molecule has 0 spiro atoms. The van der Waals surface area contributed by atoms with E-state index in [2.05, 4.69) is 5.32 Å². The molecule has 1 aliphatic heterocycles. The van der Waals surface area contributed by atoms with Crippen LogP contribution in [0.5, 0.6) is 5.75 Å². The van der Waals surface area contributed by atoms with Crippen LogP contribution in [0.15, 0.2) is 47.1 Å². The quantitative estimate of drug-likeness (QED) is 0.901. The summed E-state index contributed by atoms with van der Waals surface area (Å²) < 4.78 is 23.2. The first-order chi connectivity index (χ1) is 12.1. The second kappa shape index (κ2) is 7.83. The van der Waals surface area contributed by atoms with E-state index in [9.17, 15) is 14.0 Å². The number of halogens is 1. The zero-order valence-electron chi connectivity index (χ0n) is 13.6. The molecule has 0 saturated carbocycles. The highest BCUT2D eigenvalue weighted by Gasteiger charge is 2.25. The summed E-state index contributed by atoms with van der Waals surface area (Å²) in [6.07, 6.45) is 2.82. The molecule has 132 valence electrons. The minimum atomic E-state index is -0.354. The van der Waals surface area contributed by atoms with E-state index in [1.807, 2.05) is 0 Å². The number of hydrogen-bond acceptors (Lipinski definition) is 4. The molecule has 0 radical (unpaired) electrons. The number of piperidine rings is 1. The Balaban J connectivity index is 1.40. The number of amides is 2. The number of rotatable bonds is 5. The average Bonchev–Trinajstić information content (AvgIpc) is 3.16. The summed E-state index contributed by atoms with van der Waals surface area (Å²) in [6.45, 7) is 0.990. The summed E-state index contributed by atoms with van der Waals surface area (Å²) in [7, 11) is 0. The SMILES string of the molecule is O=C(COc1ccc(F)cc1)NC1CCN(C(=O)c2ccco2)CC1. The van der Waals surface area contributed by atoms with Gasteiger partial charge in [0.2, 0.25) is 0 Å². The largest absolute Gasteiger partial charge is 0.484 e. The van der Waals surface area contributed by atoms with Crippen molar-refractivity contribution in [1.29, 1.82) is 0 Å². The highest BCUT2D eigenvalue weighted by Crippen LogP contribution is 2.15. The van der Waals surface area contributed by atoms with Gasteiger partial charge in [-0.2, -0.15) is 0 Å². The van der Waals surface area contributed by atoms with Crippen molar-refractivity contribution in [3.05, 3.63) is 54.2 Å². The number of benzene rings is 1. The lowest BCUT2D eigenvalue weighted by atomic mass is 10.0. The van der Waals surface area contributed by atoms with Gasteiger partial charge in [-0.1, -0.05) is 0 Å². The minimum absolute atomic E-state index is 0.00460. The molecule has 0 aliphatic carbocycles. The Morgan fingerprint density at radius 2 is 1.92 bits per heavy atom. The molecule has 0 bridgehead atoms. The summed E-state index contributed by atoms with van der Waals surface area (Å²) in [5.41, 5.74) is 0. The number of ether oxygens (including phenoxy) is 1. The summed E-state index contributed by atoms with van der Waals surface area (Å²) in [5.74, 6) is 0.0489. The van der Waals surface area contributed by atoms with Crippen molar-refractivity contribution in [3.63, 3.8) is 0 Å². The van der Waals surface area contributed by atoms with Crippen LogP contribution < -0.4 is 10.1 Å². The third-order valence-electron chi connectivity index (χ3n) is 4.06. The Morgan fingerprint density at radius 3 is 2.56 bits per heavy atom. The molecule has 2 amide bonds. The summed E-state index contributed by atoms with van der Waals surface area (Å²) >= 11 is 0. The van der Waals surface area contributed by atoms with Crippen LogP contribution in [0.3, 0.4) is 0 Å². The normalized spacial score (nSPS) is 15.0. The lowest BCUT2D eigenvalue weighted by Gasteiger charge is -2.31. The van der Waals surface area contributed by atoms with Crippen molar-refractivity contribution < 1.29 is 23.1 Å². The fourth-order valence-corrected chi connectivity index (χ4v) is 2.73. The van der Waals surface area contributed by atoms with Crippen LogP contribution in [-0.4, -0.2) is 42.5 Å². The van der Waals surface area contributed by atoms with Crippen molar-refractivity contribution in [2.24, 2.45) is 0 Å². The van der Waals surface area contributed by atoms with Crippen LogP contribution >= 0.6 is 0 Å². The fraction of sp³-hybridized carbons (Fsp3) is 0.333. The summed E-state index contributed by atoms with van der Waals surface area (Å²) in [6, 6.07) is 8.83. The second-order valence-corrected chi connectivity index (χ2v) is 5.85. The molecular formula is C18H19FN2O4. The molecule has 1 saturated heterocycles. The summed E-state index contributed by atoms with van der Waals surface area (Å²) in [5, 5.41) is 2.90. The van der Waals surface area contributed by atoms with Gasteiger partial charge in [0, 0.05) is 19.1 Å². The average molecular weight is 346 g/mol. The Labute approximate surface area is 144 Å². The smallest absolute Gasteiger partial charge is 0.289 e.